The fourth-order valence-corrected chi connectivity index (χ4v) is 3.72. The van der Waals surface area contributed by atoms with Crippen LogP contribution in [0.3, 0.4) is 0 Å². The molecule has 6 nitrogen and oxygen atoms in total. The molecular formula is C22H23N3O3. The molecule has 1 saturated carbocycles. The number of carbonyl (C=O) groups is 1. The van der Waals surface area contributed by atoms with Crippen LogP contribution in [0.25, 0.3) is 16.7 Å². The lowest BCUT2D eigenvalue weighted by Gasteiger charge is -2.25. The van der Waals surface area contributed by atoms with Crippen LogP contribution in [0.2, 0.25) is 0 Å². The number of aromatic nitrogens is 2. The molecular weight excluding hydrogens is 354 g/mol. The third-order valence-electron chi connectivity index (χ3n) is 5.58. The fourth-order valence-electron chi connectivity index (χ4n) is 3.72. The van der Waals surface area contributed by atoms with Gasteiger partial charge in [-0.3, -0.25) is 4.90 Å². The molecule has 144 valence electrons. The van der Waals surface area contributed by atoms with E-state index in [0.717, 1.165) is 35.4 Å². The lowest BCUT2D eigenvalue weighted by Crippen LogP contribution is -2.23. The molecule has 0 N–H and O–H groups in total. The average Bonchev–Trinajstić information content (AvgIpc) is 3.30. The second-order valence-electron chi connectivity index (χ2n) is 7.40. The molecule has 0 unspecified atom stereocenters. The van der Waals surface area contributed by atoms with E-state index in [1.165, 1.54) is 24.8 Å². The zero-order valence-corrected chi connectivity index (χ0v) is 15.7. The molecule has 28 heavy (non-hydrogen) atoms. The number of rotatable bonds is 6. The summed E-state index contributed by atoms with van der Waals surface area (Å²) in [5.41, 5.74) is 3.99. The Hall–Kier alpha value is -2.86. The molecule has 1 aliphatic carbocycles. The van der Waals surface area contributed by atoms with Gasteiger partial charge in [0.1, 0.15) is 12.3 Å². The van der Waals surface area contributed by atoms with Gasteiger partial charge >= 0.3 is 6.09 Å². The number of hydrogen-bond donors (Lipinski definition) is 0. The maximum absolute atomic E-state index is 11.7. The first-order valence-corrected chi connectivity index (χ1v) is 9.90. The molecule has 3 aromatic rings. The Labute approximate surface area is 163 Å². The summed E-state index contributed by atoms with van der Waals surface area (Å²) in [6, 6.07) is 12.2. The molecule has 0 spiro atoms. The minimum atomic E-state index is -0.283. The van der Waals surface area contributed by atoms with Crippen molar-refractivity contribution in [1.82, 2.24) is 9.55 Å². The van der Waals surface area contributed by atoms with Crippen LogP contribution in [0.1, 0.15) is 24.8 Å². The monoisotopic (exact) mass is 377 g/mol. The molecule has 0 radical (unpaired) electrons. The van der Waals surface area contributed by atoms with Crippen LogP contribution in [0, 0.1) is 0 Å². The Bertz CT molecular complexity index is 992. The van der Waals surface area contributed by atoms with E-state index in [-0.39, 0.29) is 6.09 Å². The van der Waals surface area contributed by atoms with Crippen molar-refractivity contribution in [3.05, 3.63) is 54.4 Å². The number of fused-ring (bicyclic) bond motifs is 1. The lowest BCUT2D eigenvalue weighted by atomic mass is 9.96. The van der Waals surface area contributed by atoms with E-state index in [9.17, 15) is 4.79 Å². The summed E-state index contributed by atoms with van der Waals surface area (Å²) in [6.07, 6.45) is 8.77. The standard InChI is InChI=1S/C22H23N3O3/c26-22-25(11-13-28-22)19-6-4-18(5-7-19)24-10-8-17-14-16(15-23-21(17)24)9-12-27-20-2-1-3-20/h4-8,10,14-15,20H,1-3,9,11-13H2. The highest BCUT2D eigenvalue weighted by Crippen LogP contribution is 2.25. The molecule has 3 heterocycles. The lowest BCUT2D eigenvalue weighted by molar-refractivity contribution is 0.00412. The summed E-state index contributed by atoms with van der Waals surface area (Å²) in [7, 11) is 0. The third kappa shape index (κ3) is 3.24. The maximum atomic E-state index is 11.7. The Kier molecular flexibility index (Phi) is 4.49. The van der Waals surface area contributed by atoms with Gasteiger partial charge in [0.2, 0.25) is 0 Å². The number of hydrogen-bond acceptors (Lipinski definition) is 4. The highest BCUT2D eigenvalue weighted by atomic mass is 16.6. The van der Waals surface area contributed by atoms with Crippen LogP contribution in [-0.2, 0) is 15.9 Å². The smallest absolute Gasteiger partial charge is 0.414 e. The van der Waals surface area contributed by atoms with Gasteiger partial charge in [0.15, 0.2) is 0 Å². The number of nitrogens with zero attached hydrogens (tertiary/aromatic N) is 3. The molecule has 1 amide bonds. The highest BCUT2D eigenvalue weighted by molar-refractivity contribution is 5.89. The first-order chi connectivity index (χ1) is 13.8. The summed E-state index contributed by atoms with van der Waals surface area (Å²) < 4.78 is 12.9. The summed E-state index contributed by atoms with van der Waals surface area (Å²) in [6.45, 7) is 1.80. The van der Waals surface area contributed by atoms with Crippen LogP contribution < -0.4 is 4.90 Å². The van der Waals surface area contributed by atoms with Gasteiger partial charge in [-0.1, -0.05) is 0 Å². The predicted octanol–water partition coefficient (Wildman–Crippen LogP) is 4.09. The number of benzene rings is 1. The second kappa shape index (κ2) is 7.28. The highest BCUT2D eigenvalue weighted by Gasteiger charge is 2.23. The van der Waals surface area contributed by atoms with E-state index in [1.807, 2.05) is 36.7 Å². The quantitative estimate of drug-likeness (QED) is 0.649. The van der Waals surface area contributed by atoms with E-state index in [0.29, 0.717) is 19.3 Å². The largest absolute Gasteiger partial charge is 0.447 e. The van der Waals surface area contributed by atoms with Gasteiger partial charge < -0.3 is 14.0 Å². The van der Waals surface area contributed by atoms with Crippen molar-refractivity contribution < 1.29 is 14.3 Å². The molecule has 2 fully saturated rings. The van der Waals surface area contributed by atoms with Crippen molar-refractivity contribution in [2.24, 2.45) is 0 Å². The van der Waals surface area contributed by atoms with E-state index < -0.39 is 0 Å². The summed E-state index contributed by atoms with van der Waals surface area (Å²) in [5.74, 6) is 0. The predicted molar refractivity (Wildman–Crippen MR) is 107 cm³/mol. The maximum Gasteiger partial charge on any atom is 0.414 e. The molecule has 6 heteroatoms. The number of amides is 1. The van der Waals surface area contributed by atoms with Crippen LogP contribution >= 0.6 is 0 Å². The molecule has 2 aliphatic rings. The molecule has 1 aromatic carbocycles. The Morgan fingerprint density at radius 1 is 1.14 bits per heavy atom. The number of cyclic esters (lactones) is 1. The van der Waals surface area contributed by atoms with Crippen LogP contribution in [-0.4, -0.2) is 41.5 Å². The molecule has 0 atom stereocenters. The first kappa shape index (κ1) is 17.3. The minimum Gasteiger partial charge on any atom is -0.447 e. The normalized spacial score (nSPS) is 17.1. The average molecular weight is 377 g/mol. The van der Waals surface area contributed by atoms with Gasteiger partial charge in [-0.15, -0.1) is 0 Å². The van der Waals surface area contributed by atoms with Gasteiger partial charge in [-0.05, 0) is 67.6 Å². The van der Waals surface area contributed by atoms with E-state index >= 15 is 0 Å². The molecule has 1 aliphatic heterocycles. The Balaban J connectivity index is 1.32. The topological polar surface area (TPSA) is 56.6 Å². The number of ether oxygens (including phenoxy) is 2. The van der Waals surface area contributed by atoms with Crippen molar-refractivity contribution in [2.45, 2.75) is 31.8 Å². The zero-order chi connectivity index (χ0) is 18.9. The van der Waals surface area contributed by atoms with Crippen molar-refractivity contribution in [3.8, 4) is 5.69 Å². The molecule has 5 rings (SSSR count). The fraction of sp³-hybridized carbons (Fsp3) is 0.364. The molecule has 2 aromatic heterocycles. The van der Waals surface area contributed by atoms with Crippen molar-refractivity contribution in [2.75, 3.05) is 24.7 Å². The van der Waals surface area contributed by atoms with Crippen LogP contribution in [0.15, 0.2) is 48.8 Å². The Morgan fingerprint density at radius 3 is 2.68 bits per heavy atom. The van der Waals surface area contributed by atoms with Gasteiger partial charge in [0.25, 0.3) is 0 Å². The number of carbonyl (C=O) groups excluding carboxylic acids is 1. The zero-order valence-electron chi connectivity index (χ0n) is 15.7. The number of pyridine rings is 1. The van der Waals surface area contributed by atoms with E-state index in [4.69, 9.17) is 9.47 Å². The van der Waals surface area contributed by atoms with Gasteiger partial charge in [0.05, 0.1) is 19.3 Å². The van der Waals surface area contributed by atoms with Gasteiger partial charge in [-0.2, -0.15) is 0 Å². The summed E-state index contributed by atoms with van der Waals surface area (Å²) in [4.78, 5) is 18.0. The number of anilines is 1. The summed E-state index contributed by atoms with van der Waals surface area (Å²) in [5, 5.41) is 1.12. The van der Waals surface area contributed by atoms with Crippen molar-refractivity contribution >= 4 is 22.8 Å². The Morgan fingerprint density at radius 2 is 1.96 bits per heavy atom. The van der Waals surface area contributed by atoms with E-state index in [2.05, 4.69) is 21.7 Å². The minimum absolute atomic E-state index is 0.283. The van der Waals surface area contributed by atoms with Crippen LogP contribution in [0.5, 0.6) is 0 Å². The second-order valence-corrected chi connectivity index (χ2v) is 7.40. The SMILES string of the molecule is O=C1OCCN1c1ccc(-n2ccc3cc(CCOC4CCC4)cnc32)cc1. The third-order valence-corrected chi connectivity index (χ3v) is 5.58. The van der Waals surface area contributed by atoms with Gasteiger partial charge in [0, 0.05) is 29.2 Å². The van der Waals surface area contributed by atoms with E-state index in [1.54, 1.807) is 4.90 Å². The summed E-state index contributed by atoms with van der Waals surface area (Å²) >= 11 is 0. The first-order valence-electron chi connectivity index (χ1n) is 9.90. The molecule has 1 saturated heterocycles. The van der Waals surface area contributed by atoms with Crippen molar-refractivity contribution in [3.63, 3.8) is 0 Å². The molecule has 0 bridgehead atoms. The van der Waals surface area contributed by atoms with Gasteiger partial charge in [-0.25, -0.2) is 9.78 Å². The van der Waals surface area contributed by atoms with Crippen LogP contribution in [0.4, 0.5) is 10.5 Å². The van der Waals surface area contributed by atoms with Crippen molar-refractivity contribution in [1.29, 1.82) is 0 Å².